The highest BCUT2D eigenvalue weighted by Gasteiger charge is 2.05. The molecule has 0 heterocycles. The molecule has 0 fully saturated rings. The van der Waals surface area contributed by atoms with Crippen LogP contribution in [0.25, 0.3) is 0 Å². The lowest BCUT2D eigenvalue weighted by Gasteiger charge is -2.17. The summed E-state index contributed by atoms with van der Waals surface area (Å²) >= 11 is 0. The Kier molecular flexibility index (Phi) is 7.69. The van der Waals surface area contributed by atoms with Crippen molar-refractivity contribution in [3.8, 4) is 0 Å². The van der Waals surface area contributed by atoms with Gasteiger partial charge in [-0.1, -0.05) is 33.1 Å². The van der Waals surface area contributed by atoms with Crippen LogP contribution in [0.1, 0.15) is 39.5 Å². The summed E-state index contributed by atoms with van der Waals surface area (Å²) in [6.45, 7) is 6.11. The molecule has 0 amide bonds. The molecular formula is C10H21NO2. The van der Waals surface area contributed by atoms with Crippen molar-refractivity contribution in [3.05, 3.63) is 0 Å². The second kappa shape index (κ2) is 8.05. The van der Waals surface area contributed by atoms with Crippen LogP contribution < -0.4 is 0 Å². The van der Waals surface area contributed by atoms with Gasteiger partial charge >= 0.3 is 5.97 Å². The molecule has 3 heteroatoms. The lowest BCUT2D eigenvalue weighted by molar-refractivity contribution is -0.138. The van der Waals surface area contributed by atoms with Gasteiger partial charge in [0.05, 0.1) is 6.54 Å². The van der Waals surface area contributed by atoms with Crippen molar-refractivity contribution in [2.75, 3.05) is 19.6 Å². The van der Waals surface area contributed by atoms with Crippen LogP contribution in [0.15, 0.2) is 0 Å². The van der Waals surface area contributed by atoms with E-state index in [2.05, 4.69) is 6.92 Å². The molecular weight excluding hydrogens is 166 g/mol. The van der Waals surface area contributed by atoms with Crippen molar-refractivity contribution in [2.24, 2.45) is 0 Å². The Morgan fingerprint density at radius 2 is 1.92 bits per heavy atom. The first-order chi connectivity index (χ1) is 6.20. The minimum Gasteiger partial charge on any atom is -0.480 e. The summed E-state index contributed by atoms with van der Waals surface area (Å²) in [7, 11) is 0. The zero-order valence-electron chi connectivity index (χ0n) is 8.75. The monoisotopic (exact) mass is 187 g/mol. The van der Waals surface area contributed by atoms with Crippen molar-refractivity contribution in [2.45, 2.75) is 39.5 Å². The fourth-order valence-corrected chi connectivity index (χ4v) is 1.30. The molecule has 0 aromatic rings. The summed E-state index contributed by atoms with van der Waals surface area (Å²) in [4.78, 5) is 12.4. The van der Waals surface area contributed by atoms with E-state index in [1.807, 2.05) is 11.8 Å². The van der Waals surface area contributed by atoms with E-state index in [1.54, 1.807) is 0 Å². The molecule has 0 aliphatic carbocycles. The number of carboxylic acids is 1. The van der Waals surface area contributed by atoms with Crippen LogP contribution in [-0.2, 0) is 4.79 Å². The summed E-state index contributed by atoms with van der Waals surface area (Å²) in [6, 6.07) is 0. The Bertz CT molecular complexity index is 137. The van der Waals surface area contributed by atoms with E-state index in [1.165, 1.54) is 19.3 Å². The van der Waals surface area contributed by atoms with Crippen LogP contribution in [0, 0.1) is 0 Å². The number of hydrogen-bond donors (Lipinski definition) is 1. The molecule has 3 nitrogen and oxygen atoms in total. The van der Waals surface area contributed by atoms with Crippen LogP contribution in [-0.4, -0.2) is 35.6 Å². The molecule has 0 saturated heterocycles. The second-order valence-corrected chi connectivity index (χ2v) is 3.32. The number of carbonyl (C=O) groups is 1. The highest BCUT2D eigenvalue weighted by Crippen LogP contribution is 2.00. The number of nitrogens with zero attached hydrogens (tertiary/aromatic N) is 1. The average molecular weight is 187 g/mol. The maximum atomic E-state index is 10.4. The van der Waals surface area contributed by atoms with E-state index in [4.69, 9.17) is 5.11 Å². The maximum absolute atomic E-state index is 10.4. The number of rotatable bonds is 8. The Hall–Kier alpha value is -0.570. The van der Waals surface area contributed by atoms with E-state index in [0.29, 0.717) is 0 Å². The molecule has 78 valence electrons. The molecule has 0 unspecified atom stereocenters. The highest BCUT2D eigenvalue weighted by molar-refractivity contribution is 5.69. The molecule has 0 rings (SSSR count). The normalized spacial score (nSPS) is 10.7. The summed E-state index contributed by atoms with van der Waals surface area (Å²) in [6.07, 6.45) is 4.82. The number of hydrogen-bond acceptors (Lipinski definition) is 2. The van der Waals surface area contributed by atoms with Gasteiger partial charge in [-0.05, 0) is 19.5 Å². The van der Waals surface area contributed by atoms with E-state index in [9.17, 15) is 4.79 Å². The number of aliphatic carboxylic acids is 1. The third-order valence-electron chi connectivity index (χ3n) is 2.13. The van der Waals surface area contributed by atoms with Gasteiger partial charge in [0, 0.05) is 0 Å². The van der Waals surface area contributed by atoms with Gasteiger partial charge in [-0.25, -0.2) is 0 Å². The first-order valence-corrected chi connectivity index (χ1v) is 5.14. The van der Waals surface area contributed by atoms with Gasteiger partial charge in [-0.2, -0.15) is 0 Å². The number of likely N-dealkylation sites (N-methyl/N-ethyl adjacent to an activating group) is 1. The van der Waals surface area contributed by atoms with Crippen molar-refractivity contribution in [1.82, 2.24) is 4.90 Å². The Labute approximate surface area is 80.7 Å². The highest BCUT2D eigenvalue weighted by atomic mass is 16.4. The molecule has 0 aliphatic rings. The molecule has 0 saturated carbocycles. The number of carboxylic acid groups (broad SMARTS) is 1. The summed E-state index contributed by atoms with van der Waals surface area (Å²) in [5.74, 6) is -0.725. The molecule has 13 heavy (non-hydrogen) atoms. The molecule has 0 atom stereocenters. The lowest BCUT2D eigenvalue weighted by Crippen LogP contribution is -2.30. The van der Waals surface area contributed by atoms with Crippen LogP contribution >= 0.6 is 0 Å². The summed E-state index contributed by atoms with van der Waals surface area (Å²) in [5.41, 5.74) is 0. The van der Waals surface area contributed by atoms with Crippen LogP contribution in [0.2, 0.25) is 0 Å². The SMILES string of the molecule is CCCCCCN(CC)CC(=O)O. The maximum Gasteiger partial charge on any atom is 0.317 e. The van der Waals surface area contributed by atoms with Crippen molar-refractivity contribution >= 4 is 5.97 Å². The minimum absolute atomic E-state index is 0.183. The van der Waals surface area contributed by atoms with E-state index < -0.39 is 5.97 Å². The zero-order chi connectivity index (χ0) is 10.1. The van der Waals surface area contributed by atoms with E-state index >= 15 is 0 Å². The minimum atomic E-state index is -0.725. The Morgan fingerprint density at radius 3 is 2.38 bits per heavy atom. The first kappa shape index (κ1) is 12.4. The molecule has 0 aromatic heterocycles. The van der Waals surface area contributed by atoms with Gasteiger partial charge in [0.2, 0.25) is 0 Å². The van der Waals surface area contributed by atoms with Crippen molar-refractivity contribution < 1.29 is 9.90 Å². The van der Waals surface area contributed by atoms with Gasteiger partial charge < -0.3 is 5.11 Å². The second-order valence-electron chi connectivity index (χ2n) is 3.32. The van der Waals surface area contributed by atoms with Crippen LogP contribution in [0.5, 0.6) is 0 Å². The first-order valence-electron chi connectivity index (χ1n) is 5.14. The standard InChI is InChI=1S/C10H21NO2/c1-3-5-6-7-8-11(4-2)9-10(12)13/h3-9H2,1-2H3,(H,12,13). The smallest absolute Gasteiger partial charge is 0.317 e. The molecule has 0 aliphatic heterocycles. The van der Waals surface area contributed by atoms with Crippen molar-refractivity contribution in [3.63, 3.8) is 0 Å². The number of unbranched alkanes of at least 4 members (excludes halogenated alkanes) is 3. The third kappa shape index (κ3) is 7.78. The van der Waals surface area contributed by atoms with Gasteiger partial charge in [-0.3, -0.25) is 9.69 Å². The fraction of sp³-hybridized carbons (Fsp3) is 0.900. The van der Waals surface area contributed by atoms with Gasteiger partial charge in [0.1, 0.15) is 0 Å². The predicted octanol–water partition coefficient (Wildman–Crippen LogP) is 1.97. The predicted molar refractivity (Wildman–Crippen MR) is 53.9 cm³/mol. The van der Waals surface area contributed by atoms with Crippen LogP contribution in [0.4, 0.5) is 0 Å². The zero-order valence-corrected chi connectivity index (χ0v) is 8.75. The molecule has 0 radical (unpaired) electrons. The molecule has 0 bridgehead atoms. The Morgan fingerprint density at radius 1 is 1.23 bits per heavy atom. The van der Waals surface area contributed by atoms with Gasteiger partial charge in [-0.15, -0.1) is 0 Å². The lowest BCUT2D eigenvalue weighted by atomic mass is 10.2. The molecule has 0 aromatic carbocycles. The van der Waals surface area contributed by atoms with Crippen molar-refractivity contribution in [1.29, 1.82) is 0 Å². The fourth-order valence-electron chi connectivity index (χ4n) is 1.30. The molecule has 0 spiro atoms. The average Bonchev–Trinajstić information content (AvgIpc) is 2.09. The quantitative estimate of drug-likeness (QED) is 0.591. The topological polar surface area (TPSA) is 40.5 Å². The third-order valence-corrected chi connectivity index (χ3v) is 2.13. The van der Waals surface area contributed by atoms with E-state index in [0.717, 1.165) is 19.5 Å². The summed E-state index contributed by atoms with van der Waals surface area (Å²) < 4.78 is 0. The van der Waals surface area contributed by atoms with Gasteiger partial charge in [0.15, 0.2) is 0 Å². The summed E-state index contributed by atoms with van der Waals surface area (Å²) in [5, 5.41) is 8.58. The molecule has 1 N–H and O–H groups in total. The van der Waals surface area contributed by atoms with Crippen LogP contribution in [0.3, 0.4) is 0 Å². The largest absolute Gasteiger partial charge is 0.480 e. The Balaban J connectivity index is 3.42. The van der Waals surface area contributed by atoms with Gasteiger partial charge in [0.25, 0.3) is 0 Å². The van der Waals surface area contributed by atoms with E-state index in [-0.39, 0.29) is 6.54 Å².